The largest absolute Gasteiger partial charge is 0.462 e. The fraction of sp³-hybridized carbons (Fsp3) is 0.796. The number of hydrogen-bond donors (Lipinski definition) is 7. The minimum absolute atomic E-state index is 0.0553. The zero-order valence-electron chi connectivity index (χ0n) is 38.8. The maximum Gasteiger partial charge on any atom is 0.306 e. The highest BCUT2D eigenvalue weighted by atomic mass is 16.7. The molecule has 2 aliphatic rings. The summed E-state index contributed by atoms with van der Waals surface area (Å²) in [4.78, 5) is 25.6. The average molecular weight is 913 g/mol. The molecule has 0 aliphatic carbocycles. The lowest BCUT2D eigenvalue weighted by Crippen LogP contribution is -2.61. The van der Waals surface area contributed by atoms with E-state index in [0.29, 0.717) is 12.8 Å². The third-order valence-electron chi connectivity index (χ3n) is 11.3. The van der Waals surface area contributed by atoms with Crippen LogP contribution in [0.25, 0.3) is 0 Å². The molecule has 2 aliphatic heterocycles. The van der Waals surface area contributed by atoms with Gasteiger partial charge in [0.25, 0.3) is 0 Å². The molecule has 0 aromatic carbocycles. The van der Waals surface area contributed by atoms with Gasteiger partial charge in [-0.25, -0.2) is 0 Å². The van der Waals surface area contributed by atoms with Crippen LogP contribution in [0.4, 0.5) is 0 Å². The second kappa shape index (κ2) is 36.6. The van der Waals surface area contributed by atoms with Crippen molar-refractivity contribution in [3.05, 3.63) is 48.6 Å². The highest BCUT2D eigenvalue weighted by Crippen LogP contribution is 2.26. The summed E-state index contributed by atoms with van der Waals surface area (Å²) < 4.78 is 33.4. The fourth-order valence-electron chi connectivity index (χ4n) is 7.26. The van der Waals surface area contributed by atoms with Crippen LogP contribution in [-0.2, 0) is 38.0 Å². The molecule has 5 unspecified atom stereocenters. The molecule has 0 aromatic heterocycles. The molecule has 2 saturated heterocycles. The third kappa shape index (κ3) is 24.8. The number of hydrogen-bond acceptors (Lipinski definition) is 15. The summed E-state index contributed by atoms with van der Waals surface area (Å²) in [6, 6.07) is 0. The second-order valence-electron chi connectivity index (χ2n) is 17.0. The molecule has 15 nitrogen and oxygen atoms in total. The minimum Gasteiger partial charge on any atom is -0.462 e. The molecular weight excluding hydrogens is 829 g/mol. The van der Waals surface area contributed by atoms with Crippen LogP contribution >= 0.6 is 0 Å². The van der Waals surface area contributed by atoms with Gasteiger partial charge in [0.1, 0.15) is 55.4 Å². The first-order chi connectivity index (χ1) is 31.0. The van der Waals surface area contributed by atoms with Gasteiger partial charge in [-0.05, 0) is 57.8 Å². The van der Waals surface area contributed by atoms with Gasteiger partial charge in [-0.15, -0.1) is 0 Å². The van der Waals surface area contributed by atoms with Crippen molar-refractivity contribution in [3.63, 3.8) is 0 Å². The van der Waals surface area contributed by atoms with Crippen LogP contribution in [0.2, 0.25) is 0 Å². The Labute approximate surface area is 382 Å². The molecule has 2 rings (SSSR count). The van der Waals surface area contributed by atoms with Gasteiger partial charge in [0.05, 0.1) is 19.8 Å². The molecule has 11 atom stereocenters. The Bertz CT molecular complexity index is 1300. The Morgan fingerprint density at radius 1 is 0.516 bits per heavy atom. The molecular formula is C49H84O15. The first-order valence-corrected chi connectivity index (χ1v) is 24.2. The monoisotopic (exact) mass is 913 g/mol. The second-order valence-corrected chi connectivity index (χ2v) is 17.0. The lowest BCUT2D eigenvalue weighted by Gasteiger charge is -2.42. The molecule has 2 heterocycles. The van der Waals surface area contributed by atoms with Crippen LogP contribution in [0.3, 0.4) is 0 Å². The van der Waals surface area contributed by atoms with Gasteiger partial charge >= 0.3 is 11.9 Å². The molecule has 370 valence electrons. The van der Waals surface area contributed by atoms with Crippen molar-refractivity contribution in [2.75, 3.05) is 26.4 Å². The third-order valence-corrected chi connectivity index (χ3v) is 11.3. The normalized spacial score (nSPS) is 27.0. The smallest absolute Gasteiger partial charge is 0.306 e. The lowest BCUT2D eigenvalue weighted by atomic mass is 9.98. The Morgan fingerprint density at radius 2 is 1.02 bits per heavy atom. The molecule has 0 bridgehead atoms. The van der Waals surface area contributed by atoms with Gasteiger partial charge < -0.3 is 64.2 Å². The Hall–Kier alpha value is -2.54. The Balaban J connectivity index is 1.86. The van der Waals surface area contributed by atoms with Crippen molar-refractivity contribution in [1.29, 1.82) is 0 Å². The molecule has 0 amide bonds. The van der Waals surface area contributed by atoms with Gasteiger partial charge in [0.2, 0.25) is 0 Å². The van der Waals surface area contributed by atoms with E-state index < -0.39 is 99.3 Å². The van der Waals surface area contributed by atoms with Gasteiger partial charge in [0.15, 0.2) is 18.7 Å². The van der Waals surface area contributed by atoms with Crippen molar-refractivity contribution in [1.82, 2.24) is 0 Å². The van der Waals surface area contributed by atoms with E-state index in [9.17, 15) is 45.3 Å². The zero-order valence-corrected chi connectivity index (χ0v) is 38.8. The quantitative estimate of drug-likeness (QED) is 0.0167. The highest BCUT2D eigenvalue weighted by molar-refractivity contribution is 5.70. The first-order valence-electron chi connectivity index (χ1n) is 24.2. The number of carbonyl (C=O) groups is 2. The predicted octanol–water partition coefficient (Wildman–Crippen LogP) is 5.93. The maximum absolute atomic E-state index is 12.9. The Morgan fingerprint density at radius 3 is 1.64 bits per heavy atom. The van der Waals surface area contributed by atoms with E-state index in [0.717, 1.165) is 57.8 Å². The van der Waals surface area contributed by atoms with Crippen molar-refractivity contribution >= 4 is 11.9 Å². The summed E-state index contributed by atoms with van der Waals surface area (Å²) in [6.45, 7) is 2.46. The van der Waals surface area contributed by atoms with Crippen LogP contribution in [0, 0.1) is 0 Å². The molecule has 0 saturated carbocycles. The van der Waals surface area contributed by atoms with E-state index in [2.05, 4.69) is 50.3 Å². The van der Waals surface area contributed by atoms with Crippen molar-refractivity contribution in [2.24, 2.45) is 0 Å². The van der Waals surface area contributed by atoms with Crippen LogP contribution in [0.15, 0.2) is 48.6 Å². The number of unbranched alkanes of at least 4 members (excludes halogenated alkanes) is 15. The summed E-state index contributed by atoms with van der Waals surface area (Å²) in [5.74, 6) is -1.02. The number of aliphatic hydroxyl groups is 7. The van der Waals surface area contributed by atoms with E-state index in [1.807, 2.05) is 12.2 Å². The molecule has 7 N–H and O–H groups in total. The van der Waals surface area contributed by atoms with Crippen molar-refractivity contribution in [3.8, 4) is 0 Å². The van der Waals surface area contributed by atoms with Crippen LogP contribution in [0.1, 0.15) is 155 Å². The summed E-state index contributed by atoms with van der Waals surface area (Å²) in [6.07, 6.45) is 21.6. The van der Waals surface area contributed by atoms with Gasteiger partial charge in [-0.1, -0.05) is 133 Å². The standard InChI is InChI=1S/C49H84O15/c1-3-5-7-9-11-13-15-17-18-20-21-23-25-27-29-31-40(51)59-34-37(62-41(52)32-30-28-26-24-22-19-16-14-12-10-8-6-4-2)35-60-48-47(58)45(56)43(54)39(64-48)36-61-49-46(57)44(55)42(53)38(33-50)63-49/h11,13,15,17,19,22,26,28,37-39,42-50,53-58H,3-10,12,14,16,18,20-21,23-25,27,29-36H2,1-2H3/b13-11+,17-15+,22-19+,28-26+/t37?,38-,39-,42+,43+,44?,45?,46?,47?,48-,49-/m1/s1. The summed E-state index contributed by atoms with van der Waals surface area (Å²) >= 11 is 0. The van der Waals surface area contributed by atoms with Crippen LogP contribution in [-0.4, -0.2) is 142 Å². The fourth-order valence-corrected chi connectivity index (χ4v) is 7.26. The number of esters is 2. The van der Waals surface area contributed by atoms with Crippen LogP contribution in [0.5, 0.6) is 0 Å². The zero-order chi connectivity index (χ0) is 46.8. The molecule has 0 radical (unpaired) electrons. The maximum atomic E-state index is 12.9. The predicted molar refractivity (Wildman–Crippen MR) is 243 cm³/mol. The molecule has 2 fully saturated rings. The van der Waals surface area contributed by atoms with Gasteiger partial charge in [-0.3, -0.25) is 9.59 Å². The van der Waals surface area contributed by atoms with E-state index in [1.54, 1.807) is 0 Å². The van der Waals surface area contributed by atoms with Crippen LogP contribution < -0.4 is 0 Å². The van der Waals surface area contributed by atoms with E-state index in [1.165, 1.54) is 57.8 Å². The number of rotatable bonds is 36. The number of carbonyl (C=O) groups excluding carboxylic acids is 2. The minimum atomic E-state index is -1.78. The van der Waals surface area contributed by atoms with Gasteiger partial charge in [-0.2, -0.15) is 0 Å². The molecule has 0 spiro atoms. The number of ether oxygens (including phenoxy) is 6. The van der Waals surface area contributed by atoms with E-state index in [4.69, 9.17) is 28.4 Å². The van der Waals surface area contributed by atoms with E-state index in [-0.39, 0.29) is 19.4 Å². The number of allylic oxidation sites excluding steroid dienone is 8. The average Bonchev–Trinajstić information content (AvgIpc) is 3.29. The Kier molecular flexibility index (Phi) is 32.9. The molecule has 0 aromatic rings. The SMILES string of the molecule is CCCCC/C=C/C=C/CCCCCCCCC(=O)OCC(CO[C@@H]1O[C@H](CO[C@@H]2O[C@H](CO)[C@H](O)C(O)C2O)[C@H](O)C(O)C1O)OC(=O)CC/C=C/C/C=C/CCCCCCCC. The summed E-state index contributed by atoms with van der Waals surface area (Å²) in [7, 11) is 0. The highest BCUT2D eigenvalue weighted by Gasteiger charge is 2.47. The van der Waals surface area contributed by atoms with E-state index >= 15 is 0 Å². The molecule has 15 heteroatoms. The van der Waals surface area contributed by atoms with Crippen molar-refractivity contribution in [2.45, 2.75) is 223 Å². The lowest BCUT2D eigenvalue weighted by molar-refractivity contribution is -0.332. The molecule has 64 heavy (non-hydrogen) atoms. The first kappa shape index (κ1) is 57.6. The van der Waals surface area contributed by atoms with Crippen molar-refractivity contribution < 1.29 is 73.8 Å². The summed E-state index contributed by atoms with van der Waals surface area (Å²) in [5.41, 5.74) is 0. The summed E-state index contributed by atoms with van der Waals surface area (Å²) in [5, 5.41) is 71.9. The van der Waals surface area contributed by atoms with Gasteiger partial charge in [0, 0.05) is 12.8 Å². The topological polar surface area (TPSA) is 231 Å². The number of aliphatic hydroxyl groups excluding tert-OH is 7.